The Morgan fingerprint density at radius 1 is 1.38 bits per heavy atom. The van der Waals surface area contributed by atoms with Crippen molar-refractivity contribution in [2.75, 3.05) is 6.54 Å². The zero-order chi connectivity index (χ0) is 15.2. The highest BCUT2D eigenvalue weighted by Crippen LogP contribution is 2.25. The molecule has 0 saturated heterocycles. The highest BCUT2D eigenvalue weighted by atomic mass is 35.5. The number of halogens is 2. The minimum atomic E-state index is -0.278. The molecule has 0 fully saturated rings. The van der Waals surface area contributed by atoms with Gasteiger partial charge in [-0.05, 0) is 31.5 Å². The Kier molecular flexibility index (Phi) is 5.70. The molecule has 2 rings (SSSR count). The normalized spacial score (nSPS) is 12.6. The van der Waals surface area contributed by atoms with Gasteiger partial charge in [0.05, 0.1) is 17.9 Å². The van der Waals surface area contributed by atoms with Crippen molar-refractivity contribution in [3.8, 4) is 0 Å². The Labute approximate surface area is 129 Å². The van der Waals surface area contributed by atoms with Gasteiger partial charge in [-0.3, -0.25) is 0 Å². The van der Waals surface area contributed by atoms with E-state index in [1.165, 1.54) is 6.07 Å². The van der Waals surface area contributed by atoms with Crippen molar-refractivity contribution in [1.82, 2.24) is 20.3 Å². The Balaban J connectivity index is 2.29. The van der Waals surface area contributed by atoms with Crippen LogP contribution in [0.15, 0.2) is 24.4 Å². The lowest BCUT2D eigenvalue weighted by Gasteiger charge is -2.19. The van der Waals surface area contributed by atoms with Crippen LogP contribution in [0, 0.1) is 5.82 Å². The fourth-order valence-corrected chi connectivity index (χ4v) is 2.62. The third-order valence-electron chi connectivity index (χ3n) is 3.36. The number of aromatic nitrogens is 3. The zero-order valence-corrected chi connectivity index (χ0v) is 13.1. The second-order valence-electron chi connectivity index (χ2n) is 4.90. The largest absolute Gasteiger partial charge is 0.309 e. The summed E-state index contributed by atoms with van der Waals surface area (Å²) < 4.78 is 15.9. The summed E-state index contributed by atoms with van der Waals surface area (Å²) in [5.74, 6) is -0.278. The quantitative estimate of drug-likeness (QED) is 0.852. The van der Waals surface area contributed by atoms with Crippen molar-refractivity contribution in [1.29, 1.82) is 0 Å². The van der Waals surface area contributed by atoms with E-state index >= 15 is 0 Å². The average Bonchev–Trinajstić information content (AvgIpc) is 2.90. The van der Waals surface area contributed by atoms with Crippen LogP contribution in [0.5, 0.6) is 0 Å². The van der Waals surface area contributed by atoms with Gasteiger partial charge in [0.15, 0.2) is 0 Å². The molecule has 1 atom stereocenters. The summed E-state index contributed by atoms with van der Waals surface area (Å²) in [4.78, 5) is 0. The molecule has 6 heteroatoms. The van der Waals surface area contributed by atoms with Crippen LogP contribution in [0.3, 0.4) is 0 Å². The van der Waals surface area contributed by atoms with Gasteiger partial charge in [-0.25, -0.2) is 9.07 Å². The molecule has 1 N–H and O–H groups in total. The second-order valence-corrected chi connectivity index (χ2v) is 5.30. The van der Waals surface area contributed by atoms with E-state index in [2.05, 4.69) is 22.6 Å². The Morgan fingerprint density at radius 2 is 2.19 bits per heavy atom. The number of nitrogens with one attached hydrogen (secondary N) is 1. The van der Waals surface area contributed by atoms with Crippen LogP contribution < -0.4 is 5.32 Å². The predicted molar refractivity (Wildman–Crippen MR) is 81.8 cm³/mol. The Hall–Kier alpha value is -1.46. The van der Waals surface area contributed by atoms with Gasteiger partial charge in [-0.1, -0.05) is 36.7 Å². The lowest BCUT2D eigenvalue weighted by molar-refractivity contribution is 0.467. The topological polar surface area (TPSA) is 42.7 Å². The van der Waals surface area contributed by atoms with Crippen molar-refractivity contribution in [3.05, 3.63) is 46.5 Å². The smallest absolute Gasteiger partial charge is 0.127 e. The van der Waals surface area contributed by atoms with Crippen LogP contribution in [0.25, 0.3) is 0 Å². The second kappa shape index (κ2) is 7.52. The highest BCUT2D eigenvalue weighted by Gasteiger charge is 2.19. The lowest BCUT2D eigenvalue weighted by Crippen LogP contribution is -2.26. The third kappa shape index (κ3) is 3.80. The van der Waals surface area contributed by atoms with Gasteiger partial charge in [0.25, 0.3) is 0 Å². The molecule has 4 nitrogen and oxygen atoms in total. The highest BCUT2D eigenvalue weighted by molar-refractivity contribution is 6.31. The van der Waals surface area contributed by atoms with Crippen molar-refractivity contribution < 1.29 is 4.39 Å². The first-order chi connectivity index (χ1) is 10.2. The number of rotatable bonds is 7. The maximum absolute atomic E-state index is 14.0. The van der Waals surface area contributed by atoms with Crippen LogP contribution in [-0.2, 0) is 13.0 Å². The van der Waals surface area contributed by atoms with E-state index in [1.807, 2.05) is 11.6 Å². The first-order valence-electron chi connectivity index (χ1n) is 7.22. The molecule has 1 heterocycles. The molecule has 1 aromatic heterocycles. The number of hydrogen-bond donors (Lipinski definition) is 1. The molecular formula is C15H20ClFN4. The fourth-order valence-electron chi connectivity index (χ4n) is 2.38. The van der Waals surface area contributed by atoms with E-state index in [1.54, 1.807) is 18.3 Å². The maximum atomic E-state index is 14.0. The minimum absolute atomic E-state index is 0.0639. The molecule has 21 heavy (non-hydrogen) atoms. The molecule has 0 aliphatic heterocycles. The molecule has 0 aliphatic rings. The molecule has 0 amide bonds. The molecular weight excluding hydrogens is 291 g/mol. The monoisotopic (exact) mass is 310 g/mol. The summed E-state index contributed by atoms with van der Waals surface area (Å²) >= 11 is 6.13. The van der Waals surface area contributed by atoms with Crippen molar-refractivity contribution >= 4 is 11.6 Å². The van der Waals surface area contributed by atoms with Crippen LogP contribution in [0.4, 0.5) is 4.39 Å². The summed E-state index contributed by atoms with van der Waals surface area (Å²) in [5.41, 5.74) is 1.48. The van der Waals surface area contributed by atoms with E-state index in [4.69, 9.17) is 11.6 Å². The molecule has 0 saturated carbocycles. The number of likely N-dealkylation sites (N-methyl/N-ethyl adjacent to an activating group) is 1. The van der Waals surface area contributed by atoms with Crippen molar-refractivity contribution in [3.63, 3.8) is 0 Å². The molecule has 0 aliphatic carbocycles. The third-order valence-corrected chi connectivity index (χ3v) is 3.71. The molecule has 0 radical (unpaired) electrons. The molecule has 114 valence electrons. The van der Waals surface area contributed by atoms with Gasteiger partial charge in [-0.2, -0.15) is 0 Å². The summed E-state index contributed by atoms with van der Waals surface area (Å²) in [5, 5.41) is 11.9. The number of aryl methyl sites for hydroxylation is 1. The van der Waals surface area contributed by atoms with E-state index in [0.717, 1.165) is 25.2 Å². The Morgan fingerprint density at radius 3 is 2.86 bits per heavy atom. The summed E-state index contributed by atoms with van der Waals surface area (Å²) in [7, 11) is 0. The predicted octanol–water partition coefficient (Wildman–Crippen LogP) is 3.37. The van der Waals surface area contributed by atoms with Gasteiger partial charge >= 0.3 is 0 Å². The fraction of sp³-hybridized carbons (Fsp3) is 0.467. The minimum Gasteiger partial charge on any atom is -0.309 e. The zero-order valence-electron chi connectivity index (χ0n) is 12.3. The summed E-state index contributed by atoms with van der Waals surface area (Å²) in [6.07, 6.45) is 3.17. The van der Waals surface area contributed by atoms with Gasteiger partial charge in [0, 0.05) is 17.1 Å². The van der Waals surface area contributed by atoms with Crippen molar-refractivity contribution in [2.45, 2.75) is 39.3 Å². The van der Waals surface area contributed by atoms with Gasteiger partial charge in [0.1, 0.15) is 5.82 Å². The SMILES string of the molecule is CCCn1nncc1C(Cc1c(F)cccc1Cl)NCC. The number of benzene rings is 1. The van der Waals surface area contributed by atoms with E-state index < -0.39 is 0 Å². The van der Waals surface area contributed by atoms with E-state index in [-0.39, 0.29) is 11.9 Å². The van der Waals surface area contributed by atoms with Crippen molar-refractivity contribution in [2.24, 2.45) is 0 Å². The van der Waals surface area contributed by atoms with Crippen LogP contribution in [0.2, 0.25) is 5.02 Å². The summed E-state index contributed by atoms with van der Waals surface area (Å²) in [6, 6.07) is 4.70. The molecule has 1 aromatic carbocycles. The van der Waals surface area contributed by atoms with Gasteiger partial charge in [0.2, 0.25) is 0 Å². The van der Waals surface area contributed by atoms with Crippen LogP contribution in [0.1, 0.15) is 37.6 Å². The molecule has 0 bridgehead atoms. The molecule has 1 unspecified atom stereocenters. The van der Waals surface area contributed by atoms with Crippen LogP contribution in [-0.4, -0.2) is 21.5 Å². The lowest BCUT2D eigenvalue weighted by atomic mass is 10.0. The maximum Gasteiger partial charge on any atom is 0.127 e. The number of hydrogen-bond acceptors (Lipinski definition) is 3. The molecule has 2 aromatic rings. The average molecular weight is 311 g/mol. The van der Waals surface area contributed by atoms with E-state index in [0.29, 0.717) is 17.0 Å². The standard InChI is InChI=1S/C15H20ClFN4/c1-3-8-21-15(10-19-20-21)14(18-4-2)9-11-12(16)6-5-7-13(11)17/h5-7,10,14,18H,3-4,8-9H2,1-2H3. The summed E-state index contributed by atoms with van der Waals surface area (Å²) in [6.45, 7) is 5.67. The van der Waals surface area contributed by atoms with E-state index in [9.17, 15) is 4.39 Å². The Bertz CT molecular complexity index is 565. The van der Waals surface area contributed by atoms with Gasteiger partial charge in [-0.15, -0.1) is 5.10 Å². The van der Waals surface area contributed by atoms with Gasteiger partial charge < -0.3 is 5.32 Å². The first-order valence-corrected chi connectivity index (χ1v) is 7.59. The first kappa shape index (κ1) is 15.9. The number of nitrogens with zero attached hydrogens (tertiary/aromatic N) is 3. The molecule has 0 spiro atoms. The van der Waals surface area contributed by atoms with Crippen LogP contribution >= 0.6 is 11.6 Å².